The van der Waals surface area contributed by atoms with Gasteiger partial charge in [0.2, 0.25) is 0 Å². The van der Waals surface area contributed by atoms with Crippen LogP contribution >= 0.6 is 0 Å². The molecule has 0 aromatic carbocycles. The molecule has 0 aromatic rings. The first kappa shape index (κ1) is 12.0. The molecule has 0 spiro atoms. The minimum Gasteiger partial charge on any atom is -0.389 e. The van der Waals surface area contributed by atoms with E-state index in [1.54, 1.807) is 0 Å². The maximum atomic E-state index is 9.70. The number of nitrogens with zero attached hydrogens (tertiary/aromatic N) is 1. The van der Waals surface area contributed by atoms with Gasteiger partial charge in [0, 0.05) is 25.2 Å². The fourth-order valence-corrected chi connectivity index (χ4v) is 1.41. The van der Waals surface area contributed by atoms with Crippen LogP contribution in [-0.4, -0.2) is 47.8 Å². The summed E-state index contributed by atoms with van der Waals surface area (Å²) in [5.41, 5.74) is -0.627. The van der Waals surface area contributed by atoms with Crippen LogP contribution in [0.4, 0.5) is 0 Å². The Morgan fingerprint density at radius 2 is 2.07 bits per heavy atom. The fourth-order valence-electron chi connectivity index (χ4n) is 1.41. The minimum atomic E-state index is -0.627. The van der Waals surface area contributed by atoms with E-state index in [1.165, 1.54) is 12.8 Å². The van der Waals surface area contributed by atoms with Gasteiger partial charge in [-0.25, -0.2) is 0 Å². The van der Waals surface area contributed by atoms with Crippen LogP contribution < -0.4 is 5.32 Å². The summed E-state index contributed by atoms with van der Waals surface area (Å²) in [6.45, 7) is 7.74. The number of likely N-dealkylation sites (N-methyl/N-ethyl adjacent to an activating group) is 1. The molecule has 1 aliphatic carbocycles. The molecule has 1 saturated carbocycles. The molecule has 1 atom stereocenters. The molecule has 0 aliphatic heterocycles. The van der Waals surface area contributed by atoms with Crippen molar-refractivity contribution in [1.82, 2.24) is 10.2 Å². The third kappa shape index (κ3) is 3.95. The lowest BCUT2D eigenvalue weighted by Gasteiger charge is -2.27. The van der Waals surface area contributed by atoms with Gasteiger partial charge in [-0.3, -0.25) is 0 Å². The van der Waals surface area contributed by atoms with Gasteiger partial charge in [-0.1, -0.05) is 0 Å². The van der Waals surface area contributed by atoms with Crippen molar-refractivity contribution in [3.8, 4) is 0 Å². The molecule has 1 fully saturated rings. The maximum Gasteiger partial charge on any atom is 0.0741 e. The van der Waals surface area contributed by atoms with E-state index in [0.29, 0.717) is 0 Å². The molecule has 0 saturated heterocycles. The van der Waals surface area contributed by atoms with Gasteiger partial charge in [-0.2, -0.15) is 0 Å². The highest BCUT2D eigenvalue weighted by atomic mass is 16.3. The van der Waals surface area contributed by atoms with Crippen molar-refractivity contribution in [3.63, 3.8) is 0 Å². The van der Waals surface area contributed by atoms with Crippen molar-refractivity contribution < 1.29 is 5.11 Å². The van der Waals surface area contributed by atoms with Crippen LogP contribution in [0.5, 0.6) is 0 Å². The molecule has 0 heterocycles. The predicted octanol–water partition coefficient (Wildman–Crippen LogP) is 0.830. The summed E-state index contributed by atoms with van der Waals surface area (Å²) >= 11 is 0. The third-order valence-corrected chi connectivity index (χ3v) is 3.14. The zero-order chi connectivity index (χ0) is 10.8. The predicted molar refractivity (Wildman–Crippen MR) is 59.4 cm³/mol. The summed E-state index contributed by atoms with van der Waals surface area (Å²) < 4.78 is 0. The summed E-state index contributed by atoms with van der Waals surface area (Å²) in [6.07, 6.45) is 2.72. The molecule has 0 radical (unpaired) electrons. The standard InChI is InChI=1S/C11H24N2O/c1-9(11(2,3)14)12-7-8-13(4)10-5-6-10/h9-10,12,14H,5-8H2,1-4H3. The van der Waals surface area contributed by atoms with Gasteiger partial charge in [-0.15, -0.1) is 0 Å². The zero-order valence-corrected chi connectivity index (χ0v) is 9.88. The van der Waals surface area contributed by atoms with E-state index < -0.39 is 5.60 Å². The Morgan fingerprint density at radius 1 is 1.50 bits per heavy atom. The molecule has 0 amide bonds. The number of hydrogen-bond donors (Lipinski definition) is 2. The van der Waals surface area contributed by atoms with E-state index in [0.717, 1.165) is 19.1 Å². The zero-order valence-electron chi connectivity index (χ0n) is 9.88. The van der Waals surface area contributed by atoms with Crippen LogP contribution in [0.3, 0.4) is 0 Å². The van der Waals surface area contributed by atoms with Crippen LogP contribution in [0.1, 0.15) is 33.6 Å². The summed E-state index contributed by atoms with van der Waals surface area (Å²) in [5.74, 6) is 0. The molecular formula is C11H24N2O. The molecule has 1 aliphatic rings. The molecule has 84 valence electrons. The summed E-state index contributed by atoms with van der Waals surface area (Å²) in [6, 6.07) is 0.976. The lowest BCUT2D eigenvalue weighted by Crippen LogP contribution is -2.46. The summed E-state index contributed by atoms with van der Waals surface area (Å²) in [7, 11) is 2.17. The van der Waals surface area contributed by atoms with Gasteiger partial charge >= 0.3 is 0 Å². The average molecular weight is 200 g/mol. The fraction of sp³-hybridized carbons (Fsp3) is 1.00. The van der Waals surface area contributed by atoms with E-state index in [1.807, 2.05) is 20.8 Å². The Morgan fingerprint density at radius 3 is 2.50 bits per heavy atom. The lowest BCUT2D eigenvalue weighted by molar-refractivity contribution is 0.0436. The van der Waals surface area contributed by atoms with Crippen molar-refractivity contribution in [2.24, 2.45) is 0 Å². The number of rotatable bonds is 6. The van der Waals surface area contributed by atoms with Crippen LogP contribution in [0.2, 0.25) is 0 Å². The van der Waals surface area contributed by atoms with Crippen molar-refractivity contribution in [3.05, 3.63) is 0 Å². The second-order valence-corrected chi connectivity index (χ2v) is 5.04. The minimum absolute atomic E-state index is 0.148. The van der Waals surface area contributed by atoms with Crippen molar-refractivity contribution in [2.45, 2.75) is 51.3 Å². The van der Waals surface area contributed by atoms with E-state index in [-0.39, 0.29) is 6.04 Å². The van der Waals surface area contributed by atoms with Gasteiger partial charge in [0.1, 0.15) is 0 Å². The molecule has 1 rings (SSSR count). The van der Waals surface area contributed by atoms with Crippen LogP contribution in [0.25, 0.3) is 0 Å². The largest absolute Gasteiger partial charge is 0.389 e. The van der Waals surface area contributed by atoms with Crippen LogP contribution in [-0.2, 0) is 0 Å². The monoisotopic (exact) mass is 200 g/mol. The lowest BCUT2D eigenvalue weighted by atomic mass is 10.0. The third-order valence-electron chi connectivity index (χ3n) is 3.14. The van der Waals surface area contributed by atoms with E-state index >= 15 is 0 Å². The highest BCUT2D eigenvalue weighted by Crippen LogP contribution is 2.24. The Balaban J connectivity index is 2.08. The smallest absolute Gasteiger partial charge is 0.0741 e. The second kappa shape index (κ2) is 4.60. The van der Waals surface area contributed by atoms with Gasteiger partial charge in [0.05, 0.1) is 5.60 Å². The van der Waals surface area contributed by atoms with Gasteiger partial charge in [-0.05, 0) is 40.7 Å². The maximum absolute atomic E-state index is 9.70. The molecule has 3 nitrogen and oxygen atoms in total. The van der Waals surface area contributed by atoms with Gasteiger partial charge in [0.25, 0.3) is 0 Å². The molecule has 0 aromatic heterocycles. The first-order valence-corrected chi connectivity index (χ1v) is 5.57. The topological polar surface area (TPSA) is 35.5 Å². The summed E-state index contributed by atoms with van der Waals surface area (Å²) in [4.78, 5) is 2.39. The number of aliphatic hydroxyl groups is 1. The average Bonchev–Trinajstić information content (AvgIpc) is 2.84. The van der Waals surface area contributed by atoms with Crippen molar-refractivity contribution in [2.75, 3.05) is 20.1 Å². The summed E-state index contributed by atoms with van der Waals surface area (Å²) in [5, 5.41) is 13.0. The highest BCUT2D eigenvalue weighted by Gasteiger charge is 2.26. The molecule has 1 unspecified atom stereocenters. The van der Waals surface area contributed by atoms with E-state index in [2.05, 4.69) is 17.3 Å². The van der Waals surface area contributed by atoms with Crippen LogP contribution in [0.15, 0.2) is 0 Å². The second-order valence-electron chi connectivity index (χ2n) is 5.04. The number of hydrogen-bond acceptors (Lipinski definition) is 3. The quantitative estimate of drug-likeness (QED) is 0.666. The normalized spacial score (nSPS) is 20.1. The Bertz CT molecular complexity index is 173. The Hall–Kier alpha value is -0.120. The molecular weight excluding hydrogens is 176 g/mol. The van der Waals surface area contributed by atoms with E-state index in [9.17, 15) is 5.11 Å². The van der Waals surface area contributed by atoms with Gasteiger partial charge < -0.3 is 15.3 Å². The first-order valence-electron chi connectivity index (χ1n) is 5.57. The molecule has 0 bridgehead atoms. The molecule has 3 heteroatoms. The highest BCUT2D eigenvalue weighted by molar-refractivity contribution is 4.84. The van der Waals surface area contributed by atoms with Crippen LogP contribution in [0, 0.1) is 0 Å². The Labute approximate surface area is 87.5 Å². The molecule has 14 heavy (non-hydrogen) atoms. The first-order chi connectivity index (χ1) is 6.41. The number of nitrogens with one attached hydrogen (secondary N) is 1. The van der Waals surface area contributed by atoms with Crippen molar-refractivity contribution in [1.29, 1.82) is 0 Å². The van der Waals surface area contributed by atoms with Gasteiger partial charge in [0.15, 0.2) is 0 Å². The van der Waals surface area contributed by atoms with Crippen molar-refractivity contribution >= 4 is 0 Å². The SMILES string of the molecule is CC(NCCN(C)C1CC1)C(C)(C)O. The molecule has 2 N–H and O–H groups in total. The van der Waals surface area contributed by atoms with E-state index in [4.69, 9.17) is 0 Å². The Kier molecular flexibility index (Phi) is 3.93.